The van der Waals surface area contributed by atoms with E-state index in [-0.39, 0.29) is 18.1 Å². The topological polar surface area (TPSA) is 61.8 Å². The molecule has 76 valence electrons. The van der Waals surface area contributed by atoms with Gasteiger partial charge >= 0.3 is 11.9 Å². The van der Waals surface area contributed by atoms with E-state index >= 15 is 0 Å². The lowest BCUT2D eigenvalue weighted by molar-refractivity contribution is -0.141. The highest BCUT2D eigenvalue weighted by molar-refractivity contribution is 5.69. The Bertz CT molecular complexity index is 313. The third kappa shape index (κ3) is 2.93. The summed E-state index contributed by atoms with van der Waals surface area (Å²) in [5, 5.41) is 0. The van der Waals surface area contributed by atoms with Crippen molar-refractivity contribution in [2.75, 3.05) is 6.61 Å². The van der Waals surface area contributed by atoms with Gasteiger partial charge in [0.25, 0.3) is 0 Å². The lowest BCUT2D eigenvalue weighted by Crippen LogP contribution is -2.12. The molecule has 0 saturated heterocycles. The summed E-state index contributed by atoms with van der Waals surface area (Å²) in [7, 11) is 0. The average molecular weight is 198 g/mol. The predicted molar refractivity (Wildman–Crippen MR) is 45.7 cm³/mol. The number of esters is 2. The Hall–Kier alpha value is -1.78. The quantitative estimate of drug-likeness (QED) is 0.616. The molecule has 1 heterocycles. The van der Waals surface area contributed by atoms with E-state index in [1.807, 2.05) is 0 Å². The zero-order valence-electron chi connectivity index (χ0n) is 7.90. The lowest BCUT2D eigenvalue weighted by atomic mass is 10.3. The summed E-state index contributed by atoms with van der Waals surface area (Å²) in [4.78, 5) is 21.3. The van der Waals surface area contributed by atoms with Crippen molar-refractivity contribution in [1.82, 2.24) is 0 Å². The lowest BCUT2D eigenvalue weighted by Gasteiger charge is -2.14. The van der Waals surface area contributed by atoms with Gasteiger partial charge in [0.2, 0.25) is 0 Å². The van der Waals surface area contributed by atoms with Crippen LogP contribution in [0.15, 0.2) is 23.9 Å². The summed E-state index contributed by atoms with van der Waals surface area (Å²) in [5.74, 6) is -0.547. The summed E-state index contributed by atoms with van der Waals surface area (Å²) in [6, 6.07) is 0. The molecule has 0 aliphatic carbocycles. The Morgan fingerprint density at radius 1 is 1.29 bits per heavy atom. The molecule has 0 saturated carbocycles. The van der Waals surface area contributed by atoms with E-state index < -0.39 is 11.9 Å². The minimum absolute atomic E-state index is 0.0820. The van der Waals surface area contributed by atoms with E-state index in [2.05, 4.69) is 0 Å². The van der Waals surface area contributed by atoms with Gasteiger partial charge in [-0.2, -0.15) is 0 Å². The first-order valence-electron chi connectivity index (χ1n) is 3.97. The van der Waals surface area contributed by atoms with E-state index in [1.165, 1.54) is 26.2 Å². The van der Waals surface area contributed by atoms with E-state index in [1.54, 1.807) is 0 Å². The zero-order valence-corrected chi connectivity index (χ0v) is 7.90. The van der Waals surface area contributed by atoms with Crippen LogP contribution in [0, 0.1) is 0 Å². The number of carbonyl (C=O) groups is 2. The minimum Gasteiger partial charge on any atom is -0.493 e. The van der Waals surface area contributed by atoms with Crippen LogP contribution < -0.4 is 0 Å². The Labute approximate surface area is 80.9 Å². The molecule has 0 aromatic rings. The maximum atomic E-state index is 10.7. The van der Waals surface area contributed by atoms with Crippen LogP contribution in [0.1, 0.15) is 13.8 Å². The van der Waals surface area contributed by atoms with Crippen molar-refractivity contribution in [2.24, 2.45) is 0 Å². The van der Waals surface area contributed by atoms with Gasteiger partial charge in [-0.05, 0) is 0 Å². The molecule has 0 atom stereocenters. The van der Waals surface area contributed by atoms with Crippen LogP contribution in [0.3, 0.4) is 0 Å². The first-order chi connectivity index (χ1) is 6.59. The Morgan fingerprint density at radius 2 is 1.93 bits per heavy atom. The second kappa shape index (κ2) is 4.45. The molecule has 0 aromatic carbocycles. The van der Waals surface area contributed by atoms with E-state index in [9.17, 15) is 9.59 Å². The van der Waals surface area contributed by atoms with Gasteiger partial charge in [0, 0.05) is 19.9 Å². The predicted octanol–water partition coefficient (Wildman–Crippen LogP) is 0.868. The van der Waals surface area contributed by atoms with Crippen molar-refractivity contribution in [3.8, 4) is 0 Å². The van der Waals surface area contributed by atoms with E-state index in [0.717, 1.165) is 0 Å². The van der Waals surface area contributed by atoms with Gasteiger partial charge in [0.15, 0.2) is 11.5 Å². The van der Waals surface area contributed by atoms with Crippen molar-refractivity contribution < 1.29 is 23.8 Å². The molecule has 14 heavy (non-hydrogen) atoms. The number of ether oxygens (including phenoxy) is 3. The SMILES string of the molecule is CC(=O)OC1=C(OC(C)=O)COC=C1. The van der Waals surface area contributed by atoms with Gasteiger partial charge in [-0.15, -0.1) is 0 Å². The van der Waals surface area contributed by atoms with Crippen LogP contribution in [-0.2, 0) is 23.8 Å². The van der Waals surface area contributed by atoms with Crippen LogP contribution in [0.4, 0.5) is 0 Å². The highest BCUT2D eigenvalue weighted by Gasteiger charge is 2.15. The second-order valence-electron chi connectivity index (χ2n) is 2.59. The maximum absolute atomic E-state index is 10.7. The molecular weight excluding hydrogens is 188 g/mol. The number of rotatable bonds is 2. The monoisotopic (exact) mass is 198 g/mol. The van der Waals surface area contributed by atoms with Crippen LogP contribution in [0.2, 0.25) is 0 Å². The highest BCUT2D eigenvalue weighted by atomic mass is 16.6. The van der Waals surface area contributed by atoms with Gasteiger partial charge in [0.05, 0.1) is 6.26 Å². The summed E-state index contributed by atoms with van der Waals surface area (Å²) in [6.45, 7) is 2.61. The van der Waals surface area contributed by atoms with Crippen molar-refractivity contribution in [3.05, 3.63) is 23.9 Å². The van der Waals surface area contributed by atoms with Crippen LogP contribution in [0.25, 0.3) is 0 Å². The van der Waals surface area contributed by atoms with Crippen molar-refractivity contribution in [2.45, 2.75) is 13.8 Å². The number of hydrogen-bond acceptors (Lipinski definition) is 5. The summed E-state index contributed by atoms with van der Waals surface area (Å²) in [5.41, 5.74) is 0. The zero-order chi connectivity index (χ0) is 10.6. The van der Waals surface area contributed by atoms with Crippen molar-refractivity contribution >= 4 is 11.9 Å². The molecule has 1 aliphatic heterocycles. The molecule has 5 nitrogen and oxygen atoms in total. The molecule has 1 aliphatic rings. The van der Waals surface area contributed by atoms with Crippen molar-refractivity contribution in [1.29, 1.82) is 0 Å². The fraction of sp³-hybridized carbons (Fsp3) is 0.333. The molecular formula is C9H10O5. The summed E-state index contributed by atoms with van der Waals surface area (Å²) in [6.07, 6.45) is 2.79. The number of carbonyl (C=O) groups excluding carboxylic acids is 2. The largest absolute Gasteiger partial charge is 0.493 e. The fourth-order valence-corrected chi connectivity index (χ4v) is 0.897. The first-order valence-corrected chi connectivity index (χ1v) is 3.97. The van der Waals surface area contributed by atoms with Gasteiger partial charge in [0.1, 0.15) is 6.61 Å². The molecule has 5 heteroatoms. The van der Waals surface area contributed by atoms with E-state index in [4.69, 9.17) is 14.2 Å². The fourth-order valence-electron chi connectivity index (χ4n) is 0.897. The maximum Gasteiger partial charge on any atom is 0.308 e. The molecule has 0 spiro atoms. The number of hydrogen-bond donors (Lipinski definition) is 0. The van der Waals surface area contributed by atoms with Crippen LogP contribution in [-0.4, -0.2) is 18.5 Å². The van der Waals surface area contributed by atoms with Crippen molar-refractivity contribution in [3.63, 3.8) is 0 Å². The minimum atomic E-state index is -0.483. The molecule has 0 radical (unpaired) electrons. The Morgan fingerprint density at radius 3 is 2.50 bits per heavy atom. The number of allylic oxidation sites excluding steroid dienone is 1. The summed E-state index contributed by atoms with van der Waals surface area (Å²) < 4.78 is 14.5. The van der Waals surface area contributed by atoms with Gasteiger partial charge in [-0.1, -0.05) is 0 Å². The molecule has 0 bridgehead atoms. The highest BCUT2D eigenvalue weighted by Crippen LogP contribution is 2.15. The Kier molecular flexibility index (Phi) is 3.28. The van der Waals surface area contributed by atoms with Crippen LogP contribution in [0.5, 0.6) is 0 Å². The smallest absolute Gasteiger partial charge is 0.308 e. The molecule has 0 fully saturated rings. The average Bonchev–Trinajstić information content (AvgIpc) is 2.06. The second-order valence-corrected chi connectivity index (χ2v) is 2.59. The third-order valence-corrected chi connectivity index (χ3v) is 1.33. The van der Waals surface area contributed by atoms with Gasteiger partial charge in [-0.25, -0.2) is 0 Å². The first kappa shape index (κ1) is 10.3. The molecule has 0 N–H and O–H groups in total. The Balaban J connectivity index is 2.80. The normalized spacial score (nSPS) is 14.7. The molecule has 0 unspecified atom stereocenters. The van der Waals surface area contributed by atoms with E-state index in [0.29, 0.717) is 0 Å². The van der Waals surface area contributed by atoms with Gasteiger partial charge in [-0.3, -0.25) is 9.59 Å². The standard InChI is InChI=1S/C9H10O5/c1-6(10)13-8-3-4-12-5-9(8)14-7(2)11/h3-4H,5H2,1-2H3. The third-order valence-electron chi connectivity index (χ3n) is 1.33. The molecule has 0 amide bonds. The van der Waals surface area contributed by atoms with Gasteiger partial charge < -0.3 is 14.2 Å². The molecule has 0 aromatic heterocycles. The van der Waals surface area contributed by atoms with Crippen LogP contribution >= 0.6 is 0 Å². The molecule has 1 rings (SSSR count). The summed E-state index contributed by atoms with van der Waals surface area (Å²) >= 11 is 0.